The van der Waals surface area contributed by atoms with Gasteiger partial charge in [-0.15, -0.1) is 0 Å². The van der Waals surface area contributed by atoms with E-state index in [1.165, 1.54) is 77.0 Å². The molecule has 0 aliphatic carbocycles. The van der Waals surface area contributed by atoms with Gasteiger partial charge < -0.3 is 60.9 Å². The molecule has 0 bridgehead atoms. The van der Waals surface area contributed by atoms with Crippen LogP contribution in [0.15, 0.2) is 0 Å². The maximum absolute atomic E-state index is 11.4. The summed E-state index contributed by atoms with van der Waals surface area (Å²) in [6, 6.07) is -0.226. The first-order valence-corrected chi connectivity index (χ1v) is 26.7. The summed E-state index contributed by atoms with van der Waals surface area (Å²) in [5.41, 5.74) is 4.02. The van der Waals surface area contributed by atoms with Gasteiger partial charge in [-0.2, -0.15) is 13.2 Å². The normalized spacial score (nSPS) is 10.0. The number of rotatable bonds is 34. The predicted octanol–water partition coefficient (Wildman–Crippen LogP) is 12.4. The second-order valence-corrected chi connectivity index (χ2v) is 19.0. The molecule has 0 spiro atoms. The number of ketones is 1. The molecule has 0 atom stereocenters. The van der Waals surface area contributed by atoms with Crippen LogP contribution >= 0.6 is 0 Å². The number of urea groups is 1. The highest BCUT2D eigenvalue weighted by atomic mass is 19.4. The molecule has 0 heterocycles. The van der Waals surface area contributed by atoms with E-state index < -0.39 is 53.8 Å². The summed E-state index contributed by atoms with van der Waals surface area (Å²) in [5.74, 6) is -6.11. The van der Waals surface area contributed by atoms with E-state index in [0.29, 0.717) is 45.9 Å². The molecule has 0 aromatic carbocycles. The van der Waals surface area contributed by atoms with Gasteiger partial charge in [0.05, 0.1) is 45.6 Å². The zero-order valence-electron chi connectivity index (χ0n) is 47.5. The van der Waals surface area contributed by atoms with E-state index in [1.54, 1.807) is 41.5 Å². The standard InChI is InChI=1S/C16H31NO4.C15H30N2O3.C11H23NO2.C8H13NO5.C2HF3O2.4CH4/c1-5-6-7-8-9-10-13-20-14(18)11-12-17-15(19)21-16(2,3)4;1-3-5-6-7-8-9-13-20-14(18)10-12-17-15(19)16-11-4-2;1-2-3-4-5-6-7-10-14-11(13)8-9-12;1-8(2,3)14-7(13)9-4-5(10)6(11)12;3-2(4,5)1(6)7;;;;/h5-13H2,1-4H3,(H,17,19);3-13H2,1-2H3,(H2,16,17,19);2-10,12H2,1H3;4H2,1-3H3,(H,9,13)(H,11,12);(H,6,7);4*1H4. The molecule has 0 radical (unpaired) electrons. The van der Waals surface area contributed by atoms with Crippen molar-refractivity contribution in [3.63, 3.8) is 0 Å². The maximum Gasteiger partial charge on any atom is 0.490 e. The summed E-state index contributed by atoms with van der Waals surface area (Å²) in [5, 5.41) is 25.2. The monoisotopic (exact) mass is 1170 g/mol. The van der Waals surface area contributed by atoms with Crippen molar-refractivity contribution < 1.29 is 90.2 Å². The maximum atomic E-state index is 11.4. The number of amides is 4. The van der Waals surface area contributed by atoms with E-state index in [9.17, 15) is 51.5 Å². The van der Waals surface area contributed by atoms with Crippen LogP contribution in [0.1, 0.15) is 240 Å². The number of carboxylic acid groups (broad SMARTS) is 2. The van der Waals surface area contributed by atoms with E-state index in [1.807, 2.05) is 12.2 Å². The average Bonchev–Trinajstić information content (AvgIpc) is 3.31. The van der Waals surface area contributed by atoms with Crippen molar-refractivity contribution in [1.29, 1.82) is 0 Å². The number of carboxylic acids is 2. The number of carbonyl (C=O) groups excluding carboxylic acids is 7. The molecule has 0 fully saturated rings. The Labute approximate surface area is 480 Å². The van der Waals surface area contributed by atoms with Crippen molar-refractivity contribution in [2.24, 2.45) is 5.73 Å². The summed E-state index contributed by atoms with van der Waals surface area (Å²) in [7, 11) is 0. The summed E-state index contributed by atoms with van der Waals surface area (Å²) in [6.07, 6.45) is 16.6. The van der Waals surface area contributed by atoms with Crippen LogP contribution in [0.5, 0.6) is 0 Å². The van der Waals surface area contributed by atoms with Crippen molar-refractivity contribution in [2.75, 3.05) is 52.5 Å². The third kappa shape index (κ3) is 86.5. The number of ether oxygens (including phenoxy) is 5. The number of nitrogens with two attached hydrogens (primary N) is 1. The first-order chi connectivity index (χ1) is 35.5. The van der Waals surface area contributed by atoms with Crippen LogP contribution in [0.25, 0.3) is 0 Å². The summed E-state index contributed by atoms with van der Waals surface area (Å²) in [4.78, 5) is 96.6. The molecular weight excluding hydrogens is 1060 g/mol. The van der Waals surface area contributed by atoms with Gasteiger partial charge in [-0.05, 0) is 67.2 Å². The second kappa shape index (κ2) is 62.8. The van der Waals surface area contributed by atoms with Crippen LogP contribution in [0, 0.1) is 0 Å². The zero-order valence-corrected chi connectivity index (χ0v) is 47.5. The molecule has 24 heteroatoms. The van der Waals surface area contributed by atoms with E-state index in [-0.39, 0.29) is 73.0 Å². The molecule has 4 amide bonds. The molecular formula is C56H114F3N5O16. The van der Waals surface area contributed by atoms with Crippen molar-refractivity contribution in [1.82, 2.24) is 21.3 Å². The minimum absolute atomic E-state index is 0. The van der Waals surface area contributed by atoms with Gasteiger partial charge in [0, 0.05) is 26.2 Å². The number of aliphatic carboxylic acids is 2. The smallest absolute Gasteiger partial charge is 0.475 e. The second-order valence-electron chi connectivity index (χ2n) is 19.0. The van der Waals surface area contributed by atoms with Gasteiger partial charge in [-0.1, -0.05) is 154 Å². The summed E-state index contributed by atoms with van der Waals surface area (Å²) < 4.78 is 56.7. The predicted molar refractivity (Wildman–Crippen MR) is 309 cm³/mol. The van der Waals surface area contributed by atoms with Gasteiger partial charge in [-0.25, -0.2) is 24.0 Å². The number of hydrogen-bond acceptors (Lipinski definition) is 15. The fraction of sp³-hybridized carbons (Fsp3) is 0.839. The van der Waals surface area contributed by atoms with Gasteiger partial charge in [0.2, 0.25) is 0 Å². The Bertz CT molecular complexity index is 1540. The van der Waals surface area contributed by atoms with Crippen molar-refractivity contribution in [2.45, 2.75) is 258 Å². The largest absolute Gasteiger partial charge is 0.490 e. The Kier molecular flexibility index (Phi) is 73.7. The summed E-state index contributed by atoms with van der Waals surface area (Å²) in [6.45, 7) is 21.5. The molecule has 0 aromatic heterocycles. The quantitative estimate of drug-likeness (QED) is 0.0136. The lowest BCUT2D eigenvalue weighted by Gasteiger charge is -2.19. The van der Waals surface area contributed by atoms with Gasteiger partial charge >= 0.3 is 54.2 Å². The number of Topliss-reactive ketones (excluding diaryl/α,β-unsaturated/α-hetero) is 1. The molecule has 0 saturated heterocycles. The fourth-order valence-corrected chi connectivity index (χ4v) is 5.24. The number of unbranched alkanes of at least 4 members (excludes halogenated alkanes) is 15. The van der Waals surface area contributed by atoms with Crippen molar-refractivity contribution >= 4 is 53.8 Å². The van der Waals surface area contributed by atoms with E-state index in [4.69, 9.17) is 44.4 Å². The molecule has 80 heavy (non-hydrogen) atoms. The molecule has 0 unspecified atom stereocenters. The van der Waals surface area contributed by atoms with Crippen LogP contribution in [0.2, 0.25) is 0 Å². The number of alkyl halides is 3. The van der Waals surface area contributed by atoms with Crippen molar-refractivity contribution in [3.05, 3.63) is 0 Å². The highest BCUT2D eigenvalue weighted by Gasteiger charge is 2.38. The Balaban J connectivity index is -0.000000115. The highest BCUT2D eigenvalue weighted by Crippen LogP contribution is 2.13. The molecule has 480 valence electrons. The zero-order chi connectivity index (χ0) is 59.3. The van der Waals surface area contributed by atoms with Crippen LogP contribution in [-0.4, -0.2) is 134 Å². The van der Waals surface area contributed by atoms with Crippen LogP contribution < -0.4 is 27.0 Å². The lowest BCUT2D eigenvalue weighted by Crippen LogP contribution is -2.37. The molecule has 0 aromatic rings. The molecule has 0 saturated carbocycles. The number of halogens is 3. The number of alkyl carbamates (subject to hydrolysis) is 2. The van der Waals surface area contributed by atoms with Gasteiger partial charge in [0.25, 0.3) is 5.78 Å². The van der Waals surface area contributed by atoms with Gasteiger partial charge in [-0.3, -0.25) is 19.2 Å². The highest BCUT2D eigenvalue weighted by molar-refractivity contribution is 6.33. The minimum atomic E-state index is -5.08. The Morgan fingerprint density at radius 1 is 0.438 bits per heavy atom. The van der Waals surface area contributed by atoms with Crippen LogP contribution in [0.3, 0.4) is 0 Å². The van der Waals surface area contributed by atoms with E-state index >= 15 is 0 Å². The first-order valence-electron chi connectivity index (χ1n) is 26.7. The number of esters is 3. The third-order valence-corrected chi connectivity index (χ3v) is 9.05. The van der Waals surface area contributed by atoms with Gasteiger partial charge in [0.1, 0.15) is 11.2 Å². The van der Waals surface area contributed by atoms with E-state index in [2.05, 4.69) is 36.7 Å². The lowest BCUT2D eigenvalue weighted by atomic mass is 10.1. The Morgan fingerprint density at radius 3 is 1.04 bits per heavy atom. The van der Waals surface area contributed by atoms with Crippen LogP contribution in [-0.2, 0) is 52.5 Å². The SMILES string of the molecule is C.C.C.C.CC(C)(C)OC(=O)NCC(=O)C(=O)O.CCCCCCCCOC(=O)CCN.CCCCCCCCOC(=O)CCNC(=O)NCCC.CCCCCCCCOC(=O)CCNC(=O)OC(C)(C)C.O=C(O)C(F)(F)F. The van der Waals surface area contributed by atoms with E-state index in [0.717, 1.165) is 44.9 Å². The first kappa shape index (κ1) is 93.9. The van der Waals surface area contributed by atoms with Gasteiger partial charge in [0.15, 0.2) is 0 Å². The van der Waals surface area contributed by atoms with Crippen LogP contribution in [0.4, 0.5) is 27.6 Å². The third-order valence-electron chi connectivity index (χ3n) is 9.05. The average molecular weight is 1170 g/mol. The lowest BCUT2D eigenvalue weighted by molar-refractivity contribution is -0.192. The number of nitrogens with one attached hydrogen (secondary N) is 4. The molecule has 21 nitrogen and oxygen atoms in total. The topological polar surface area (TPSA) is 314 Å². The molecule has 8 N–H and O–H groups in total. The Hall–Kier alpha value is -5.42. The van der Waals surface area contributed by atoms with Crippen molar-refractivity contribution in [3.8, 4) is 0 Å². The Morgan fingerprint density at radius 2 is 0.738 bits per heavy atom. The number of hydrogen-bond donors (Lipinski definition) is 7. The molecule has 0 aliphatic rings. The fourth-order valence-electron chi connectivity index (χ4n) is 5.24. The minimum Gasteiger partial charge on any atom is -0.475 e. The molecule has 0 aliphatic heterocycles. The molecule has 0 rings (SSSR count). The number of carbonyl (C=O) groups is 9. The summed E-state index contributed by atoms with van der Waals surface area (Å²) >= 11 is 0.